The predicted octanol–water partition coefficient (Wildman–Crippen LogP) is 9.31. The molecular formula is C24H64O6Si8. The molecule has 0 rings (SSSR count). The summed E-state index contributed by atoms with van der Waals surface area (Å²) < 4.78 is 41.0. The molecule has 0 heterocycles. The molecule has 0 atom stereocenters. The van der Waals surface area contributed by atoms with Crippen molar-refractivity contribution in [1.82, 2.24) is 0 Å². The Hall–Kier alpha value is 1.24. The molecule has 0 saturated heterocycles. The maximum absolute atomic E-state index is 6.83. The number of rotatable bonds is 18. The second-order valence-electron chi connectivity index (χ2n) is 16.2. The van der Waals surface area contributed by atoms with Crippen LogP contribution >= 0.6 is 0 Å². The Morgan fingerprint density at radius 3 is 0.605 bits per heavy atom. The molecule has 0 amide bonds. The van der Waals surface area contributed by atoms with Crippen molar-refractivity contribution in [3.8, 4) is 0 Å². The monoisotopic (exact) mass is 672 g/mol. The van der Waals surface area contributed by atoms with Gasteiger partial charge in [-0.05, 0) is 131 Å². The van der Waals surface area contributed by atoms with Crippen LogP contribution in [0.5, 0.6) is 0 Å². The zero-order valence-corrected chi connectivity index (χ0v) is 36.4. The molecule has 0 unspecified atom stereocenters. The molecule has 0 fully saturated rings. The van der Waals surface area contributed by atoms with E-state index in [0.717, 1.165) is 24.9 Å². The maximum atomic E-state index is 6.83. The molecule has 6 nitrogen and oxygen atoms in total. The molecule has 0 aromatic carbocycles. The SMILES string of the molecule is C[Si](C)(C)O[Si](CCC=CCC[Si](O[Si](C)(C)C)(O[Si](C)(C)C)O[Si](C)(C)C)(O[Si](C)(C)C)O[Si](C)(C)C. The van der Waals surface area contributed by atoms with Gasteiger partial charge in [-0.2, -0.15) is 0 Å². The van der Waals surface area contributed by atoms with Gasteiger partial charge in [0.2, 0.25) is 0 Å². The van der Waals surface area contributed by atoms with E-state index in [1.165, 1.54) is 0 Å². The van der Waals surface area contributed by atoms with Gasteiger partial charge in [0.1, 0.15) is 0 Å². The molecule has 228 valence electrons. The van der Waals surface area contributed by atoms with E-state index in [4.69, 9.17) is 24.7 Å². The van der Waals surface area contributed by atoms with Gasteiger partial charge < -0.3 is 24.7 Å². The highest BCUT2D eigenvalue weighted by molar-refractivity contribution is 6.91. The maximum Gasteiger partial charge on any atom is 0.469 e. The van der Waals surface area contributed by atoms with Crippen molar-refractivity contribution >= 4 is 67.5 Å². The van der Waals surface area contributed by atoms with Crippen LogP contribution in [0.15, 0.2) is 12.2 Å². The molecule has 0 aromatic rings. The van der Waals surface area contributed by atoms with E-state index >= 15 is 0 Å². The average molecular weight is 673 g/mol. The third-order valence-corrected chi connectivity index (χ3v) is 28.1. The molecule has 0 N–H and O–H groups in total. The van der Waals surface area contributed by atoms with Gasteiger partial charge in [-0.3, -0.25) is 0 Å². The van der Waals surface area contributed by atoms with Crippen LogP contribution in [-0.4, -0.2) is 67.5 Å². The Balaban J connectivity index is 5.84. The largest absolute Gasteiger partial charge is 0.469 e. The third kappa shape index (κ3) is 21.0. The topological polar surface area (TPSA) is 55.4 Å². The average Bonchev–Trinajstić information content (AvgIpc) is 2.47. The first-order chi connectivity index (χ1) is 16.4. The van der Waals surface area contributed by atoms with Crippen molar-refractivity contribution in [2.75, 3.05) is 0 Å². The quantitative estimate of drug-likeness (QED) is 0.107. The molecule has 0 radical (unpaired) electrons. The third-order valence-electron chi connectivity index (χ3n) is 4.17. The Morgan fingerprint density at radius 2 is 0.474 bits per heavy atom. The minimum absolute atomic E-state index is 0.826. The van der Waals surface area contributed by atoms with Gasteiger partial charge in [0.15, 0.2) is 49.9 Å². The number of allylic oxidation sites excluding steroid dienone is 2. The van der Waals surface area contributed by atoms with Crippen LogP contribution in [0.2, 0.25) is 130 Å². The number of hydrogen-bond acceptors (Lipinski definition) is 6. The first-order valence-electron chi connectivity index (χ1n) is 14.3. The van der Waals surface area contributed by atoms with Gasteiger partial charge in [0, 0.05) is 12.1 Å². The summed E-state index contributed by atoms with van der Waals surface area (Å²) >= 11 is 0. The highest BCUT2D eigenvalue weighted by Gasteiger charge is 2.50. The van der Waals surface area contributed by atoms with Gasteiger partial charge in [-0.15, -0.1) is 0 Å². The molecule has 0 aliphatic heterocycles. The predicted molar refractivity (Wildman–Crippen MR) is 186 cm³/mol. The standard InChI is InChI=1S/C24H64O6Si8/c1-31(2,3)25-37(26-32(4,5)6,27-33(7,8)9)23-21-19-20-22-24-38(28-34(10,11)12,29-35(13,14)15)30-36(16,17)18/h19-20H,21-24H2,1-18H3. The highest BCUT2D eigenvalue weighted by atomic mass is 28.5. The lowest BCUT2D eigenvalue weighted by Gasteiger charge is -2.43. The van der Waals surface area contributed by atoms with E-state index < -0.39 is 67.5 Å². The summed E-state index contributed by atoms with van der Waals surface area (Å²) in [6, 6.07) is 1.65. The van der Waals surface area contributed by atoms with Crippen LogP contribution in [0.25, 0.3) is 0 Å². The van der Waals surface area contributed by atoms with Crippen LogP contribution in [0.1, 0.15) is 12.8 Å². The van der Waals surface area contributed by atoms with Crippen LogP contribution in [0.3, 0.4) is 0 Å². The summed E-state index contributed by atoms with van der Waals surface area (Å²) in [5.74, 6) is 0. The minimum Gasteiger partial charge on any atom is -0.417 e. The van der Waals surface area contributed by atoms with Crippen molar-refractivity contribution in [3.63, 3.8) is 0 Å². The molecule has 38 heavy (non-hydrogen) atoms. The van der Waals surface area contributed by atoms with Crippen molar-refractivity contribution in [3.05, 3.63) is 12.2 Å². The zero-order chi connectivity index (χ0) is 30.5. The van der Waals surface area contributed by atoms with Crippen molar-refractivity contribution < 1.29 is 24.7 Å². The summed E-state index contributed by atoms with van der Waals surface area (Å²) in [5, 5.41) is 0. The lowest BCUT2D eigenvalue weighted by molar-refractivity contribution is 0.249. The van der Waals surface area contributed by atoms with E-state index in [0.29, 0.717) is 0 Å². The second-order valence-corrected chi connectivity index (χ2v) is 50.2. The van der Waals surface area contributed by atoms with Crippen LogP contribution < -0.4 is 0 Å². The van der Waals surface area contributed by atoms with E-state index in [9.17, 15) is 0 Å². The molecule has 0 spiro atoms. The van der Waals surface area contributed by atoms with Crippen molar-refractivity contribution in [1.29, 1.82) is 0 Å². The fraction of sp³-hybridized carbons (Fsp3) is 0.917. The normalized spacial score (nSPS) is 15.5. The highest BCUT2D eigenvalue weighted by Crippen LogP contribution is 2.32. The van der Waals surface area contributed by atoms with Crippen LogP contribution in [0, 0.1) is 0 Å². The van der Waals surface area contributed by atoms with Crippen LogP contribution in [0.4, 0.5) is 0 Å². The summed E-state index contributed by atoms with van der Waals surface area (Å²) in [4.78, 5) is 0. The summed E-state index contributed by atoms with van der Waals surface area (Å²) in [7, 11) is -16.8. The van der Waals surface area contributed by atoms with E-state index in [2.05, 4.69) is 130 Å². The van der Waals surface area contributed by atoms with Gasteiger partial charge in [0.05, 0.1) is 0 Å². The Bertz CT molecular complexity index is 594. The van der Waals surface area contributed by atoms with E-state index in [-0.39, 0.29) is 0 Å². The molecular weight excluding hydrogens is 609 g/mol. The fourth-order valence-corrected chi connectivity index (χ4v) is 33.1. The van der Waals surface area contributed by atoms with Crippen LogP contribution in [-0.2, 0) is 24.7 Å². The van der Waals surface area contributed by atoms with Crippen molar-refractivity contribution in [2.24, 2.45) is 0 Å². The Kier molecular flexibility index (Phi) is 14.6. The molecule has 14 heteroatoms. The van der Waals surface area contributed by atoms with Crippen molar-refractivity contribution in [2.45, 2.75) is 143 Å². The summed E-state index contributed by atoms with van der Waals surface area (Å²) in [5.41, 5.74) is 0. The molecule has 0 bridgehead atoms. The summed E-state index contributed by atoms with van der Waals surface area (Å²) in [6.45, 7) is 40.3. The van der Waals surface area contributed by atoms with Gasteiger partial charge in [-0.25, -0.2) is 0 Å². The lowest BCUT2D eigenvalue weighted by atomic mass is 10.3. The molecule has 0 aliphatic rings. The fourth-order valence-electron chi connectivity index (χ4n) is 3.99. The zero-order valence-electron chi connectivity index (χ0n) is 28.4. The minimum atomic E-state index is -2.81. The Morgan fingerprint density at radius 1 is 0.316 bits per heavy atom. The Labute approximate surface area is 246 Å². The first kappa shape index (κ1) is 39.2. The van der Waals surface area contributed by atoms with E-state index in [1.54, 1.807) is 0 Å². The summed E-state index contributed by atoms with van der Waals surface area (Å²) in [6.07, 6.45) is 6.35. The lowest BCUT2D eigenvalue weighted by Crippen LogP contribution is -2.60. The van der Waals surface area contributed by atoms with Gasteiger partial charge >= 0.3 is 17.6 Å². The number of hydrogen-bond donors (Lipinski definition) is 0. The second kappa shape index (κ2) is 14.1. The molecule has 0 aromatic heterocycles. The smallest absolute Gasteiger partial charge is 0.417 e. The van der Waals surface area contributed by atoms with Gasteiger partial charge in [0.25, 0.3) is 0 Å². The first-order valence-corrected chi connectivity index (χ1v) is 38.6. The molecule has 0 aliphatic carbocycles. The molecule has 0 saturated carbocycles. The van der Waals surface area contributed by atoms with E-state index in [1.807, 2.05) is 0 Å². The van der Waals surface area contributed by atoms with Gasteiger partial charge in [-0.1, -0.05) is 12.2 Å².